The third-order valence-electron chi connectivity index (χ3n) is 4.04. The van der Waals surface area contributed by atoms with Gasteiger partial charge in [0.2, 0.25) is 0 Å². The predicted octanol–water partition coefficient (Wildman–Crippen LogP) is 4.46. The molecule has 0 aliphatic carbocycles. The molecule has 0 aliphatic heterocycles. The van der Waals surface area contributed by atoms with Gasteiger partial charge in [-0.25, -0.2) is 12.4 Å². The lowest BCUT2D eigenvalue weighted by Crippen LogP contribution is -2.15. The average molecular weight is 411 g/mol. The van der Waals surface area contributed by atoms with E-state index in [1.807, 2.05) is 0 Å². The van der Waals surface area contributed by atoms with Crippen LogP contribution in [-0.2, 0) is 21.0 Å². The van der Waals surface area contributed by atoms with Crippen LogP contribution in [0, 0.1) is 5.92 Å². The number of rotatable bonds is 4. The molecule has 0 fully saturated rings. The smallest absolute Gasteiger partial charge is 0.416 e. The van der Waals surface area contributed by atoms with E-state index in [2.05, 4.69) is 0 Å². The highest BCUT2D eigenvalue weighted by molar-refractivity contribution is 7.90. The first-order valence-electron chi connectivity index (χ1n) is 8.26. The number of aromatic nitrogens is 1. The lowest BCUT2D eigenvalue weighted by atomic mass is 10.1. The standard InChI is InChI=1S/C19H16F3NO4S/c1-12(2)18(24)27-17-11-23(28(25,26)14-6-4-3-5-7-14)16-10-13(19(20,21)22)8-9-15(16)17/h3-12H,1-2H3. The van der Waals surface area contributed by atoms with Gasteiger partial charge in [-0.2, -0.15) is 13.2 Å². The first-order valence-corrected chi connectivity index (χ1v) is 9.70. The number of ether oxygens (including phenoxy) is 1. The molecule has 5 nitrogen and oxygen atoms in total. The van der Waals surface area contributed by atoms with Crippen LogP contribution in [0.15, 0.2) is 59.6 Å². The van der Waals surface area contributed by atoms with Crippen molar-refractivity contribution in [2.45, 2.75) is 24.9 Å². The number of hydrogen-bond acceptors (Lipinski definition) is 4. The van der Waals surface area contributed by atoms with Gasteiger partial charge in [-0.15, -0.1) is 0 Å². The molecule has 0 atom stereocenters. The number of alkyl halides is 3. The number of carbonyl (C=O) groups excluding carboxylic acids is 1. The van der Waals surface area contributed by atoms with Crippen LogP contribution in [0.25, 0.3) is 10.9 Å². The van der Waals surface area contributed by atoms with Gasteiger partial charge in [-0.3, -0.25) is 4.79 Å². The van der Waals surface area contributed by atoms with Crippen molar-refractivity contribution < 1.29 is 31.1 Å². The molecule has 0 bridgehead atoms. The number of esters is 1. The number of hydrogen-bond donors (Lipinski definition) is 0. The maximum atomic E-state index is 13.1. The summed E-state index contributed by atoms with van der Waals surface area (Å²) < 4.78 is 71.3. The van der Waals surface area contributed by atoms with Crippen LogP contribution < -0.4 is 4.74 Å². The second-order valence-electron chi connectivity index (χ2n) is 6.41. The van der Waals surface area contributed by atoms with Gasteiger partial charge in [0.25, 0.3) is 10.0 Å². The molecule has 28 heavy (non-hydrogen) atoms. The van der Waals surface area contributed by atoms with E-state index in [1.165, 1.54) is 24.3 Å². The quantitative estimate of drug-likeness (QED) is 0.595. The van der Waals surface area contributed by atoms with E-state index in [1.54, 1.807) is 19.9 Å². The Morgan fingerprint density at radius 2 is 1.71 bits per heavy atom. The Morgan fingerprint density at radius 1 is 1.07 bits per heavy atom. The Bertz CT molecular complexity index is 1130. The van der Waals surface area contributed by atoms with E-state index in [0.717, 1.165) is 24.4 Å². The van der Waals surface area contributed by atoms with Crippen molar-refractivity contribution in [1.29, 1.82) is 0 Å². The lowest BCUT2D eigenvalue weighted by Gasteiger charge is -2.10. The minimum absolute atomic E-state index is 0.0847. The summed E-state index contributed by atoms with van der Waals surface area (Å²) in [6.07, 6.45) is -3.64. The largest absolute Gasteiger partial charge is 0.424 e. The molecule has 148 valence electrons. The van der Waals surface area contributed by atoms with Crippen LogP contribution in [0.2, 0.25) is 0 Å². The SMILES string of the molecule is CC(C)C(=O)Oc1cn(S(=O)(=O)c2ccccc2)c2cc(C(F)(F)F)ccc12. The van der Waals surface area contributed by atoms with Crippen molar-refractivity contribution in [1.82, 2.24) is 3.97 Å². The fraction of sp³-hybridized carbons (Fsp3) is 0.211. The molecule has 0 N–H and O–H groups in total. The number of halogens is 3. The van der Waals surface area contributed by atoms with Crippen molar-refractivity contribution in [2.24, 2.45) is 5.92 Å². The maximum absolute atomic E-state index is 13.1. The van der Waals surface area contributed by atoms with Gasteiger partial charge < -0.3 is 4.74 Å². The fourth-order valence-electron chi connectivity index (χ4n) is 2.56. The third-order valence-corrected chi connectivity index (χ3v) is 5.73. The third kappa shape index (κ3) is 3.62. The summed E-state index contributed by atoms with van der Waals surface area (Å²) in [7, 11) is -4.21. The predicted molar refractivity (Wildman–Crippen MR) is 96.4 cm³/mol. The van der Waals surface area contributed by atoms with Crippen LogP contribution in [0.5, 0.6) is 5.75 Å². The molecule has 0 saturated heterocycles. The molecule has 2 aromatic carbocycles. The highest BCUT2D eigenvalue weighted by Gasteiger charge is 2.32. The summed E-state index contributed by atoms with van der Waals surface area (Å²) in [5, 5.41) is 0.0847. The van der Waals surface area contributed by atoms with Crippen LogP contribution in [0.4, 0.5) is 13.2 Å². The first-order chi connectivity index (χ1) is 13.0. The van der Waals surface area contributed by atoms with Gasteiger partial charge in [0.15, 0.2) is 5.75 Å². The molecule has 0 unspecified atom stereocenters. The van der Waals surface area contributed by atoms with Gasteiger partial charge in [0, 0.05) is 5.39 Å². The maximum Gasteiger partial charge on any atom is 0.416 e. The van der Waals surface area contributed by atoms with Gasteiger partial charge in [0.1, 0.15) is 0 Å². The summed E-state index contributed by atoms with van der Waals surface area (Å²) >= 11 is 0. The van der Waals surface area contributed by atoms with Gasteiger partial charge in [-0.1, -0.05) is 32.0 Å². The van der Waals surface area contributed by atoms with Crippen LogP contribution in [-0.4, -0.2) is 18.4 Å². The second-order valence-corrected chi connectivity index (χ2v) is 8.23. The molecule has 0 aliphatic rings. The minimum atomic E-state index is -4.66. The molecule has 1 heterocycles. The Balaban J connectivity index is 2.27. The second kappa shape index (κ2) is 6.97. The van der Waals surface area contributed by atoms with E-state index in [4.69, 9.17) is 4.74 Å². The molecule has 3 rings (SSSR count). The van der Waals surface area contributed by atoms with Crippen molar-refractivity contribution in [3.63, 3.8) is 0 Å². The monoisotopic (exact) mass is 411 g/mol. The topological polar surface area (TPSA) is 65.4 Å². The Morgan fingerprint density at radius 3 is 2.29 bits per heavy atom. The summed E-state index contributed by atoms with van der Waals surface area (Å²) in [4.78, 5) is 11.8. The van der Waals surface area contributed by atoms with E-state index in [-0.39, 0.29) is 21.5 Å². The Labute approximate surface area is 159 Å². The normalized spacial score (nSPS) is 12.5. The van der Waals surface area contributed by atoms with Gasteiger partial charge in [0.05, 0.1) is 28.1 Å². The zero-order valence-corrected chi connectivity index (χ0v) is 15.7. The molecule has 0 amide bonds. The summed E-state index contributed by atoms with van der Waals surface area (Å²) in [6.45, 7) is 3.17. The zero-order chi connectivity index (χ0) is 20.7. The van der Waals surface area contributed by atoms with E-state index in [9.17, 15) is 26.4 Å². The Kier molecular flexibility index (Phi) is 4.97. The molecular formula is C19H16F3NO4S. The van der Waals surface area contributed by atoms with Crippen LogP contribution in [0.3, 0.4) is 0 Å². The van der Waals surface area contributed by atoms with Crippen molar-refractivity contribution in [3.8, 4) is 5.75 Å². The summed E-state index contributed by atoms with van der Waals surface area (Å²) in [5.41, 5.74) is -1.24. The highest BCUT2D eigenvalue weighted by atomic mass is 32.2. The van der Waals surface area contributed by atoms with E-state index >= 15 is 0 Å². The van der Waals surface area contributed by atoms with Crippen molar-refractivity contribution >= 4 is 26.9 Å². The summed E-state index contributed by atoms with van der Waals surface area (Å²) in [6, 6.07) is 9.90. The van der Waals surface area contributed by atoms with Crippen LogP contribution >= 0.6 is 0 Å². The van der Waals surface area contributed by atoms with Gasteiger partial charge >= 0.3 is 12.1 Å². The van der Waals surface area contributed by atoms with Crippen molar-refractivity contribution in [3.05, 3.63) is 60.3 Å². The molecule has 0 saturated carbocycles. The molecular weight excluding hydrogens is 395 g/mol. The Hall–Kier alpha value is -2.81. The van der Waals surface area contributed by atoms with Crippen LogP contribution in [0.1, 0.15) is 19.4 Å². The molecule has 9 heteroatoms. The van der Waals surface area contributed by atoms with Gasteiger partial charge in [-0.05, 0) is 30.3 Å². The number of carbonyl (C=O) groups is 1. The first kappa shape index (κ1) is 19.9. The fourth-order valence-corrected chi connectivity index (χ4v) is 3.93. The molecule has 1 aromatic heterocycles. The number of benzene rings is 2. The van der Waals surface area contributed by atoms with Crippen molar-refractivity contribution in [2.75, 3.05) is 0 Å². The highest BCUT2D eigenvalue weighted by Crippen LogP contribution is 2.37. The molecule has 3 aromatic rings. The zero-order valence-electron chi connectivity index (χ0n) is 14.9. The molecule has 0 spiro atoms. The average Bonchev–Trinajstić information content (AvgIpc) is 3.00. The molecule has 0 radical (unpaired) electrons. The number of nitrogens with zero attached hydrogens (tertiary/aromatic N) is 1. The number of fused-ring (bicyclic) bond motifs is 1. The summed E-state index contributed by atoms with van der Waals surface area (Å²) in [5.74, 6) is -1.25. The lowest BCUT2D eigenvalue weighted by molar-refractivity contribution is -0.138. The minimum Gasteiger partial charge on any atom is -0.424 e. The van der Waals surface area contributed by atoms with E-state index in [0.29, 0.717) is 3.97 Å². The van der Waals surface area contributed by atoms with E-state index < -0.39 is 33.7 Å².